The maximum Gasteiger partial charge on any atom is 0.406 e. The minimum absolute atomic E-state index is 0.403. The molecule has 0 radical (unpaired) electrons. The lowest BCUT2D eigenvalue weighted by molar-refractivity contribution is -0.166. The number of rotatable bonds is 3. The fourth-order valence-electron chi connectivity index (χ4n) is 1.04. The molecule has 0 aliphatic rings. The van der Waals surface area contributed by atoms with E-state index in [0.29, 0.717) is 0 Å². The number of carbonyl (C=O) groups excluding carboxylic acids is 1. The molecule has 0 unspecified atom stereocenters. The highest BCUT2D eigenvalue weighted by atomic mass is 19.4. The summed E-state index contributed by atoms with van der Waals surface area (Å²) in [6.07, 6.45) is -4.32. The van der Waals surface area contributed by atoms with Crippen molar-refractivity contribution < 1.29 is 18.0 Å². The summed E-state index contributed by atoms with van der Waals surface area (Å²) in [5.41, 5.74) is 0. The van der Waals surface area contributed by atoms with E-state index in [0.717, 1.165) is 4.90 Å². The van der Waals surface area contributed by atoms with Gasteiger partial charge in [0.25, 0.3) is 0 Å². The molecule has 0 heterocycles. The van der Waals surface area contributed by atoms with Crippen molar-refractivity contribution in [2.45, 2.75) is 39.9 Å². The first-order valence-electron chi connectivity index (χ1n) is 4.52. The number of hydrogen-bond acceptors (Lipinski definition) is 1. The van der Waals surface area contributed by atoms with Gasteiger partial charge in [0, 0.05) is 12.0 Å². The SMILES string of the molecule is CC(C)C(=O)N(CC(F)(F)F)C(C)C. The number of carbonyl (C=O) groups is 1. The Morgan fingerprint density at radius 3 is 1.86 bits per heavy atom. The normalized spacial score (nSPS) is 12.4. The van der Waals surface area contributed by atoms with Crippen LogP contribution in [0.25, 0.3) is 0 Å². The molecule has 0 saturated heterocycles. The highest BCUT2D eigenvalue weighted by Gasteiger charge is 2.34. The van der Waals surface area contributed by atoms with Crippen LogP contribution in [-0.4, -0.2) is 29.6 Å². The van der Waals surface area contributed by atoms with Gasteiger partial charge in [0.15, 0.2) is 0 Å². The van der Waals surface area contributed by atoms with Gasteiger partial charge in [-0.1, -0.05) is 13.8 Å². The summed E-state index contributed by atoms with van der Waals surface area (Å²) in [6.45, 7) is 5.17. The van der Waals surface area contributed by atoms with E-state index >= 15 is 0 Å². The first kappa shape index (κ1) is 13.3. The molecule has 0 N–H and O–H groups in total. The Hall–Kier alpha value is -0.740. The Balaban J connectivity index is 4.54. The van der Waals surface area contributed by atoms with E-state index in [4.69, 9.17) is 0 Å². The summed E-state index contributed by atoms with van der Waals surface area (Å²) in [5.74, 6) is -0.864. The molecular formula is C9H16F3NO. The molecule has 0 bridgehead atoms. The van der Waals surface area contributed by atoms with E-state index in [1.54, 1.807) is 27.7 Å². The van der Waals surface area contributed by atoms with Crippen molar-refractivity contribution in [3.63, 3.8) is 0 Å². The van der Waals surface area contributed by atoms with Crippen LogP contribution < -0.4 is 0 Å². The average molecular weight is 211 g/mol. The number of nitrogens with zero attached hydrogens (tertiary/aromatic N) is 1. The Bertz CT molecular complexity index is 199. The first-order chi connectivity index (χ1) is 6.15. The number of hydrogen-bond donors (Lipinski definition) is 0. The summed E-state index contributed by atoms with van der Waals surface area (Å²) in [6, 6.07) is -0.425. The lowest BCUT2D eigenvalue weighted by Crippen LogP contribution is -2.45. The van der Waals surface area contributed by atoms with Crippen LogP contribution in [0.5, 0.6) is 0 Å². The summed E-state index contributed by atoms with van der Waals surface area (Å²) < 4.78 is 36.3. The van der Waals surface area contributed by atoms with Gasteiger partial charge >= 0.3 is 6.18 Å². The smallest absolute Gasteiger partial charge is 0.331 e. The van der Waals surface area contributed by atoms with Crippen LogP contribution in [0.2, 0.25) is 0 Å². The van der Waals surface area contributed by atoms with E-state index in [-0.39, 0.29) is 0 Å². The zero-order chi connectivity index (χ0) is 11.5. The first-order valence-corrected chi connectivity index (χ1v) is 4.52. The highest BCUT2D eigenvalue weighted by molar-refractivity contribution is 5.78. The topological polar surface area (TPSA) is 20.3 Å². The summed E-state index contributed by atoms with van der Waals surface area (Å²) >= 11 is 0. The summed E-state index contributed by atoms with van der Waals surface area (Å²) in [4.78, 5) is 12.2. The molecule has 0 atom stereocenters. The van der Waals surface area contributed by atoms with Crippen molar-refractivity contribution in [2.24, 2.45) is 5.92 Å². The van der Waals surface area contributed by atoms with Gasteiger partial charge < -0.3 is 4.90 Å². The molecule has 0 aliphatic heterocycles. The lowest BCUT2D eigenvalue weighted by atomic mass is 10.1. The molecule has 0 aromatic heterocycles. The molecule has 0 fully saturated rings. The zero-order valence-corrected chi connectivity index (χ0v) is 8.85. The Kier molecular flexibility index (Phi) is 4.42. The second-order valence-electron chi connectivity index (χ2n) is 3.83. The molecule has 1 amide bonds. The molecule has 84 valence electrons. The second kappa shape index (κ2) is 4.66. The van der Waals surface area contributed by atoms with E-state index in [9.17, 15) is 18.0 Å². The molecule has 14 heavy (non-hydrogen) atoms. The maximum absolute atomic E-state index is 12.1. The minimum atomic E-state index is -4.32. The Morgan fingerprint density at radius 1 is 1.21 bits per heavy atom. The van der Waals surface area contributed by atoms with Crippen LogP contribution in [0.3, 0.4) is 0 Å². The van der Waals surface area contributed by atoms with Crippen LogP contribution in [0.1, 0.15) is 27.7 Å². The van der Waals surface area contributed by atoms with E-state index in [1.807, 2.05) is 0 Å². The predicted molar refractivity (Wildman–Crippen MR) is 47.7 cm³/mol. The molecule has 0 saturated carbocycles. The van der Waals surface area contributed by atoms with E-state index < -0.39 is 30.6 Å². The maximum atomic E-state index is 12.1. The minimum Gasteiger partial charge on any atom is -0.331 e. The van der Waals surface area contributed by atoms with Crippen LogP contribution >= 0.6 is 0 Å². The fraction of sp³-hybridized carbons (Fsp3) is 0.889. The van der Waals surface area contributed by atoms with E-state index in [1.165, 1.54) is 0 Å². The summed E-state index contributed by atoms with van der Waals surface area (Å²) in [7, 11) is 0. The number of amides is 1. The molecular weight excluding hydrogens is 195 g/mol. The van der Waals surface area contributed by atoms with Gasteiger partial charge in [-0.25, -0.2) is 0 Å². The third kappa shape index (κ3) is 4.48. The third-order valence-electron chi connectivity index (χ3n) is 1.75. The molecule has 2 nitrogen and oxygen atoms in total. The van der Waals surface area contributed by atoms with Crippen LogP contribution in [-0.2, 0) is 4.79 Å². The summed E-state index contributed by atoms with van der Waals surface area (Å²) in [5, 5.41) is 0. The van der Waals surface area contributed by atoms with Crippen LogP contribution in [0, 0.1) is 5.92 Å². The van der Waals surface area contributed by atoms with Gasteiger partial charge in [0.05, 0.1) is 0 Å². The van der Waals surface area contributed by atoms with Gasteiger partial charge in [-0.3, -0.25) is 4.79 Å². The third-order valence-corrected chi connectivity index (χ3v) is 1.75. The quantitative estimate of drug-likeness (QED) is 0.702. The largest absolute Gasteiger partial charge is 0.406 e. The van der Waals surface area contributed by atoms with E-state index in [2.05, 4.69) is 0 Å². The van der Waals surface area contributed by atoms with Crippen molar-refractivity contribution in [2.75, 3.05) is 6.54 Å². The molecule has 5 heteroatoms. The number of alkyl halides is 3. The van der Waals surface area contributed by atoms with Crippen molar-refractivity contribution in [3.8, 4) is 0 Å². The van der Waals surface area contributed by atoms with Crippen LogP contribution in [0.4, 0.5) is 13.2 Å². The Labute approximate surface area is 82.1 Å². The fourth-order valence-corrected chi connectivity index (χ4v) is 1.04. The van der Waals surface area contributed by atoms with Crippen LogP contribution in [0.15, 0.2) is 0 Å². The zero-order valence-electron chi connectivity index (χ0n) is 8.85. The molecule has 0 aromatic carbocycles. The van der Waals surface area contributed by atoms with Gasteiger partial charge in [-0.15, -0.1) is 0 Å². The number of halogens is 3. The van der Waals surface area contributed by atoms with Gasteiger partial charge in [0.1, 0.15) is 6.54 Å². The predicted octanol–water partition coefficient (Wildman–Crippen LogP) is 2.44. The molecule has 0 aliphatic carbocycles. The van der Waals surface area contributed by atoms with Crippen molar-refractivity contribution in [1.29, 1.82) is 0 Å². The highest BCUT2D eigenvalue weighted by Crippen LogP contribution is 2.19. The molecule has 0 aromatic rings. The molecule has 0 rings (SSSR count). The second-order valence-corrected chi connectivity index (χ2v) is 3.83. The standard InChI is InChI=1S/C9H16F3NO/c1-6(2)8(14)13(7(3)4)5-9(10,11)12/h6-7H,5H2,1-4H3. The van der Waals surface area contributed by atoms with Gasteiger partial charge in [-0.05, 0) is 13.8 Å². The monoisotopic (exact) mass is 211 g/mol. The van der Waals surface area contributed by atoms with Gasteiger partial charge in [-0.2, -0.15) is 13.2 Å². The lowest BCUT2D eigenvalue weighted by Gasteiger charge is -2.29. The van der Waals surface area contributed by atoms with Crippen molar-refractivity contribution >= 4 is 5.91 Å². The molecule has 0 spiro atoms. The van der Waals surface area contributed by atoms with Gasteiger partial charge in [0.2, 0.25) is 5.91 Å². The van der Waals surface area contributed by atoms with Crippen molar-refractivity contribution in [3.05, 3.63) is 0 Å². The Morgan fingerprint density at radius 2 is 1.64 bits per heavy atom. The van der Waals surface area contributed by atoms with Crippen molar-refractivity contribution in [1.82, 2.24) is 4.90 Å². The average Bonchev–Trinajstić information content (AvgIpc) is 1.96.